The van der Waals surface area contributed by atoms with Crippen molar-refractivity contribution in [2.75, 3.05) is 10.6 Å². The van der Waals surface area contributed by atoms with E-state index in [9.17, 15) is 18.0 Å². The molecule has 8 nitrogen and oxygen atoms in total. The van der Waals surface area contributed by atoms with Gasteiger partial charge in [0, 0.05) is 16.4 Å². The van der Waals surface area contributed by atoms with Crippen molar-refractivity contribution in [3.8, 4) is 0 Å². The lowest BCUT2D eigenvalue weighted by Crippen LogP contribution is -2.29. The molecule has 37 heavy (non-hydrogen) atoms. The molecule has 2 aromatic heterocycles. The highest BCUT2D eigenvalue weighted by atomic mass is 35.5. The van der Waals surface area contributed by atoms with Crippen molar-refractivity contribution in [3.63, 3.8) is 0 Å². The van der Waals surface area contributed by atoms with Crippen molar-refractivity contribution in [2.45, 2.75) is 58.7 Å². The van der Waals surface area contributed by atoms with Gasteiger partial charge in [0.15, 0.2) is 11.2 Å². The number of Topliss-reactive ketones (excluding diaryl/α,β-unsaturated/α-hetero) is 1. The maximum atomic E-state index is 13.8. The molecule has 0 saturated heterocycles. The molecular weight excluding hydrogens is 534 g/mol. The van der Waals surface area contributed by atoms with Gasteiger partial charge in [-0.3, -0.25) is 9.59 Å². The van der Waals surface area contributed by atoms with Gasteiger partial charge in [0.1, 0.15) is 15.6 Å². The second-order valence-corrected chi connectivity index (χ2v) is 12.8. The van der Waals surface area contributed by atoms with Gasteiger partial charge < -0.3 is 15.2 Å². The second kappa shape index (κ2) is 10.8. The fourth-order valence-corrected chi connectivity index (χ4v) is 7.24. The Labute approximate surface area is 226 Å². The van der Waals surface area contributed by atoms with E-state index >= 15 is 0 Å². The fraction of sp³-hybridized carbons (Fsp3) is 0.346. The molecule has 2 N–H and O–H groups in total. The third-order valence-electron chi connectivity index (χ3n) is 5.93. The first-order valence-electron chi connectivity index (χ1n) is 11.5. The number of sulfone groups is 1. The number of halogens is 1. The lowest BCUT2D eigenvalue weighted by Gasteiger charge is -2.18. The third kappa shape index (κ3) is 5.51. The number of amides is 1. The number of carbonyl (C=O) groups is 2. The van der Waals surface area contributed by atoms with E-state index < -0.39 is 21.1 Å². The number of rotatable bonds is 9. The normalized spacial score (nSPS) is 12.5. The van der Waals surface area contributed by atoms with E-state index in [2.05, 4.69) is 22.4 Å². The molecule has 0 bridgehead atoms. The van der Waals surface area contributed by atoms with Crippen LogP contribution in [0.4, 0.5) is 11.6 Å². The van der Waals surface area contributed by atoms with E-state index in [0.29, 0.717) is 27.4 Å². The summed E-state index contributed by atoms with van der Waals surface area (Å²) in [7, 11) is -4.18. The van der Waals surface area contributed by atoms with Gasteiger partial charge in [-0.15, -0.1) is 11.3 Å². The summed E-state index contributed by atoms with van der Waals surface area (Å²) in [5.74, 6) is -1.05. The molecule has 0 radical (unpaired) electrons. The maximum Gasteiger partial charge on any atom is 0.267 e. The number of aryl methyl sites for hydroxylation is 4. The average Bonchev–Trinajstić information content (AvgIpc) is 3.29. The van der Waals surface area contributed by atoms with E-state index in [1.54, 1.807) is 40.7 Å². The highest BCUT2D eigenvalue weighted by molar-refractivity contribution is 7.92. The SMILES string of the molecule is C=CC(Nc1onc(C)c1Cl)S(=O)(=O)c1c(C(=O)Nc2cc(C)cc(C)c2C(=O)C(C)C)sc(C)c1C. The first-order chi connectivity index (χ1) is 17.2. The van der Waals surface area contributed by atoms with E-state index in [0.717, 1.165) is 22.5 Å². The van der Waals surface area contributed by atoms with Gasteiger partial charge in [0.2, 0.25) is 15.7 Å². The minimum atomic E-state index is -4.18. The number of nitrogens with one attached hydrogen (secondary N) is 2. The molecule has 0 aliphatic heterocycles. The minimum Gasteiger partial charge on any atom is -0.337 e. The van der Waals surface area contributed by atoms with Gasteiger partial charge in [-0.1, -0.05) is 49.3 Å². The van der Waals surface area contributed by atoms with Crippen LogP contribution in [-0.2, 0) is 9.84 Å². The van der Waals surface area contributed by atoms with Crippen LogP contribution in [0.15, 0.2) is 34.2 Å². The zero-order valence-corrected chi connectivity index (χ0v) is 24.2. The number of ketones is 1. The highest BCUT2D eigenvalue weighted by Crippen LogP contribution is 2.36. The van der Waals surface area contributed by atoms with Gasteiger partial charge in [-0.25, -0.2) is 8.42 Å². The van der Waals surface area contributed by atoms with Crippen LogP contribution in [0.3, 0.4) is 0 Å². The Bertz CT molecular complexity index is 1500. The van der Waals surface area contributed by atoms with E-state index in [1.807, 2.05) is 19.9 Å². The number of carbonyl (C=O) groups excluding carboxylic acids is 2. The van der Waals surface area contributed by atoms with Crippen LogP contribution < -0.4 is 10.6 Å². The molecule has 0 aliphatic rings. The number of hydrogen-bond acceptors (Lipinski definition) is 8. The van der Waals surface area contributed by atoms with Crippen LogP contribution in [0.2, 0.25) is 5.02 Å². The topological polar surface area (TPSA) is 118 Å². The van der Waals surface area contributed by atoms with Crippen LogP contribution in [0, 0.1) is 40.5 Å². The number of thiophene rings is 1. The molecule has 0 fully saturated rings. The van der Waals surface area contributed by atoms with Crippen LogP contribution in [0.1, 0.15) is 61.1 Å². The lowest BCUT2D eigenvalue weighted by atomic mass is 9.94. The van der Waals surface area contributed by atoms with Crippen molar-refractivity contribution in [2.24, 2.45) is 5.92 Å². The molecule has 2 heterocycles. The van der Waals surface area contributed by atoms with Crippen molar-refractivity contribution < 1.29 is 22.5 Å². The Balaban J connectivity index is 2.08. The average molecular weight is 564 g/mol. The van der Waals surface area contributed by atoms with Crippen molar-refractivity contribution in [1.29, 1.82) is 0 Å². The molecule has 0 saturated carbocycles. The van der Waals surface area contributed by atoms with Crippen molar-refractivity contribution in [3.05, 3.63) is 67.5 Å². The first kappa shape index (κ1) is 28.6. The molecule has 0 aliphatic carbocycles. The summed E-state index contributed by atoms with van der Waals surface area (Å²) < 4.78 is 32.7. The van der Waals surface area contributed by atoms with Gasteiger partial charge >= 0.3 is 0 Å². The summed E-state index contributed by atoms with van der Waals surface area (Å²) in [6, 6.07) is 3.58. The van der Waals surface area contributed by atoms with Gasteiger partial charge in [0.25, 0.3) is 5.91 Å². The molecule has 3 aromatic rings. The number of anilines is 2. The summed E-state index contributed by atoms with van der Waals surface area (Å²) in [6.45, 7) is 15.9. The number of nitrogens with zero attached hydrogens (tertiary/aromatic N) is 1. The Morgan fingerprint density at radius 2 is 1.81 bits per heavy atom. The monoisotopic (exact) mass is 563 g/mol. The fourth-order valence-electron chi connectivity index (χ4n) is 3.93. The summed E-state index contributed by atoms with van der Waals surface area (Å²) in [6.07, 6.45) is 1.20. The van der Waals surface area contributed by atoms with Crippen LogP contribution in [0.5, 0.6) is 0 Å². The smallest absolute Gasteiger partial charge is 0.267 e. The maximum absolute atomic E-state index is 13.8. The van der Waals surface area contributed by atoms with Crippen molar-refractivity contribution in [1.82, 2.24) is 5.16 Å². The standard InChI is InChI=1S/C26H30ClN3O5S2/c1-9-19(29-26-21(27)16(7)30-35-26)37(33,34)24-15(6)17(8)36-23(24)25(32)28-18-11-13(4)10-14(5)20(18)22(31)12(2)3/h9-12,19,29H,1H2,2-8H3,(H,28,32). The molecular formula is C26H30ClN3O5S2. The second-order valence-electron chi connectivity index (χ2n) is 9.18. The van der Waals surface area contributed by atoms with Gasteiger partial charge in [-0.2, -0.15) is 0 Å². The number of hydrogen-bond donors (Lipinski definition) is 2. The quantitative estimate of drug-likeness (QED) is 0.228. The molecule has 1 atom stereocenters. The predicted molar refractivity (Wildman–Crippen MR) is 148 cm³/mol. The van der Waals surface area contributed by atoms with Crippen LogP contribution in [0.25, 0.3) is 0 Å². The predicted octanol–water partition coefficient (Wildman–Crippen LogP) is 6.42. The summed E-state index contributed by atoms with van der Waals surface area (Å²) in [5, 5.41) is 8.06. The Hall–Kier alpha value is -2.95. The Kier molecular flexibility index (Phi) is 8.36. The largest absolute Gasteiger partial charge is 0.337 e. The van der Waals surface area contributed by atoms with Gasteiger partial charge in [0.05, 0.1) is 10.6 Å². The van der Waals surface area contributed by atoms with E-state index in [-0.39, 0.29) is 32.4 Å². The zero-order valence-electron chi connectivity index (χ0n) is 21.8. The molecule has 198 valence electrons. The minimum absolute atomic E-state index is 0.00519. The number of benzene rings is 1. The number of aromatic nitrogens is 1. The molecule has 1 aromatic carbocycles. The summed E-state index contributed by atoms with van der Waals surface area (Å²) in [5.41, 5.74) is 3.18. The van der Waals surface area contributed by atoms with Crippen LogP contribution >= 0.6 is 22.9 Å². The lowest BCUT2D eigenvalue weighted by molar-refractivity contribution is 0.0939. The van der Waals surface area contributed by atoms with Crippen molar-refractivity contribution >= 4 is 56.0 Å². The van der Waals surface area contributed by atoms with Gasteiger partial charge in [-0.05, 0) is 57.4 Å². The third-order valence-corrected chi connectivity index (χ3v) is 9.77. The molecule has 1 unspecified atom stereocenters. The molecule has 0 spiro atoms. The zero-order chi connectivity index (χ0) is 27.8. The molecule has 1 amide bonds. The molecule has 11 heteroatoms. The Morgan fingerprint density at radius 3 is 2.35 bits per heavy atom. The van der Waals surface area contributed by atoms with E-state index in [4.69, 9.17) is 16.1 Å². The Morgan fingerprint density at radius 1 is 1.16 bits per heavy atom. The summed E-state index contributed by atoms with van der Waals surface area (Å²) in [4.78, 5) is 27.1. The highest BCUT2D eigenvalue weighted by Gasteiger charge is 2.35. The van der Waals surface area contributed by atoms with E-state index in [1.165, 1.54) is 6.08 Å². The molecule has 3 rings (SSSR count). The van der Waals surface area contributed by atoms with Crippen LogP contribution in [-0.4, -0.2) is 30.6 Å². The first-order valence-corrected chi connectivity index (χ1v) is 14.3. The summed E-state index contributed by atoms with van der Waals surface area (Å²) >= 11 is 7.23.